The molecule has 90 valence electrons. The van der Waals surface area contributed by atoms with E-state index in [1.54, 1.807) is 0 Å². The van der Waals surface area contributed by atoms with Gasteiger partial charge in [0.05, 0.1) is 11.7 Å². The average molecular weight is 236 g/mol. The van der Waals surface area contributed by atoms with Gasteiger partial charge in [-0.1, -0.05) is 0 Å². The van der Waals surface area contributed by atoms with Crippen molar-refractivity contribution in [1.82, 2.24) is 0 Å². The molecule has 3 nitrogen and oxygen atoms in total. The fraction of sp³-hybridized carbons (Fsp3) is 0.400. The SMILES string of the molecule is OCCC(O)C(O)c1c(F)ccc(F)c1F. The lowest BCUT2D eigenvalue weighted by Crippen LogP contribution is -2.22. The summed E-state index contributed by atoms with van der Waals surface area (Å²) in [5.74, 6) is -4.00. The largest absolute Gasteiger partial charge is 0.396 e. The van der Waals surface area contributed by atoms with Gasteiger partial charge in [-0.25, -0.2) is 13.2 Å². The third-order valence-corrected chi connectivity index (χ3v) is 2.16. The molecule has 0 aromatic heterocycles. The lowest BCUT2D eigenvalue weighted by Gasteiger charge is -2.18. The molecule has 0 spiro atoms. The maximum atomic E-state index is 13.2. The smallest absolute Gasteiger partial charge is 0.167 e. The molecule has 0 saturated heterocycles. The minimum absolute atomic E-state index is 0.267. The highest BCUT2D eigenvalue weighted by Gasteiger charge is 2.26. The summed E-state index contributed by atoms with van der Waals surface area (Å²) in [6.45, 7) is -0.462. The third kappa shape index (κ3) is 2.52. The van der Waals surface area contributed by atoms with Crippen LogP contribution in [0, 0.1) is 17.5 Å². The van der Waals surface area contributed by atoms with Crippen molar-refractivity contribution in [2.75, 3.05) is 6.61 Å². The Bertz CT molecular complexity index is 371. The molecule has 1 aromatic carbocycles. The highest BCUT2D eigenvalue weighted by atomic mass is 19.2. The molecule has 0 radical (unpaired) electrons. The van der Waals surface area contributed by atoms with Gasteiger partial charge in [-0.2, -0.15) is 0 Å². The maximum Gasteiger partial charge on any atom is 0.167 e. The van der Waals surface area contributed by atoms with Crippen LogP contribution < -0.4 is 0 Å². The molecule has 0 aliphatic heterocycles. The van der Waals surface area contributed by atoms with Crippen molar-refractivity contribution in [2.45, 2.75) is 18.6 Å². The fourth-order valence-electron chi connectivity index (χ4n) is 1.30. The van der Waals surface area contributed by atoms with Gasteiger partial charge >= 0.3 is 0 Å². The average Bonchev–Trinajstić information content (AvgIpc) is 2.24. The van der Waals surface area contributed by atoms with Crippen molar-refractivity contribution in [1.29, 1.82) is 0 Å². The monoisotopic (exact) mass is 236 g/mol. The van der Waals surface area contributed by atoms with E-state index in [1.165, 1.54) is 0 Å². The van der Waals surface area contributed by atoms with Crippen LogP contribution in [-0.2, 0) is 0 Å². The van der Waals surface area contributed by atoms with Gasteiger partial charge in [0, 0.05) is 6.61 Å². The van der Waals surface area contributed by atoms with Crippen LogP contribution in [0.25, 0.3) is 0 Å². The number of halogens is 3. The molecule has 3 N–H and O–H groups in total. The second kappa shape index (κ2) is 5.29. The molecular formula is C10H11F3O3. The Hall–Kier alpha value is -1.11. The molecule has 2 atom stereocenters. The van der Waals surface area contributed by atoms with Gasteiger partial charge in [-0.15, -0.1) is 0 Å². The third-order valence-electron chi connectivity index (χ3n) is 2.16. The second-order valence-corrected chi connectivity index (χ2v) is 3.28. The van der Waals surface area contributed by atoms with E-state index in [0.717, 1.165) is 0 Å². The molecule has 0 saturated carbocycles. The van der Waals surface area contributed by atoms with Crippen LogP contribution in [0.2, 0.25) is 0 Å². The van der Waals surface area contributed by atoms with Gasteiger partial charge < -0.3 is 15.3 Å². The molecule has 2 unspecified atom stereocenters. The zero-order valence-corrected chi connectivity index (χ0v) is 8.20. The van der Waals surface area contributed by atoms with Crippen molar-refractivity contribution >= 4 is 0 Å². The standard InChI is InChI=1S/C10H11F3O3/c11-5-1-2-6(12)9(13)8(5)10(16)7(15)3-4-14/h1-2,7,10,14-16H,3-4H2. The summed E-state index contributed by atoms with van der Waals surface area (Å²) in [6.07, 6.45) is -3.74. The van der Waals surface area contributed by atoms with Crippen molar-refractivity contribution < 1.29 is 28.5 Å². The Morgan fingerprint density at radius 1 is 1.06 bits per heavy atom. The van der Waals surface area contributed by atoms with E-state index in [4.69, 9.17) is 5.11 Å². The quantitative estimate of drug-likeness (QED) is 0.680. The predicted molar refractivity (Wildman–Crippen MR) is 49.0 cm³/mol. The number of benzene rings is 1. The van der Waals surface area contributed by atoms with E-state index in [2.05, 4.69) is 0 Å². The highest BCUT2D eigenvalue weighted by molar-refractivity contribution is 5.24. The zero-order valence-electron chi connectivity index (χ0n) is 8.20. The molecule has 0 bridgehead atoms. The van der Waals surface area contributed by atoms with E-state index >= 15 is 0 Å². The number of hydrogen-bond acceptors (Lipinski definition) is 3. The first-order valence-corrected chi connectivity index (χ1v) is 4.59. The highest BCUT2D eigenvalue weighted by Crippen LogP contribution is 2.26. The topological polar surface area (TPSA) is 60.7 Å². The van der Waals surface area contributed by atoms with Gasteiger partial charge in [-0.3, -0.25) is 0 Å². The van der Waals surface area contributed by atoms with E-state index < -0.39 is 41.8 Å². The predicted octanol–water partition coefficient (Wildman–Crippen LogP) is 0.881. The first kappa shape index (κ1) is 13.0. The molecule has 0 aliphatic carbocycles. The van der Waals surface area contributed by atoms with Crippen molar-refractivity contribution in [3.8, 4) is 0 Å². The van der Waals surface area contributed by atoms with Crippen LogP contribution in [0.1, 0.15) is 18.1 Å². The molecule has 1 rings (SSSR count). The van der Waals surface area contributed by atoms with Gasteiger partial charge in [0.2, 0.25) is 0 Å². The van der Waals surface area contributed by atoms with E-state index in [-0.39, 0.29) is 6.42 Å². The first-order chi connectivity index (χ1) is 7.49. The summed E-state index contributed by atoms with van der Waals surface area (Å²) in [5.41, 5.74) is -0.930. The van der Waals surface area contributed by atoms with Gasteiger partial charge in [0.1, 0.15) is 11.9 Å². The molecule has 0 amide bonds. The van der Waals surface area contributed by atoms with Gasteiger partial charge in [0.15, 0.2) is 11.6 Å². The fourth-order valence-corrected chi connectivity index (χ4v) is 1.30. The van der Waals surface area contributed by atoms with Crippen LogP contribution in [0.5, 0.6) is 0 Å². The van der Waals surface area contributed by atoms with Crippen LogP contribution >= 0.6 is 0 Å². The zero-order chi connectivity index (χ0) is 12.3. The van der Waals surface area contributed by atoms with Gasteiger partial charge in [-0.05, 0) is 18.6 Å². The molecular weight excluding hydrogens is 225 g/mol. The summed E-state index contributed by atoms with van der Waals surface area (Å²) in [4.78, 5) is 0. The Morgan fingerprint density at radius 3 is 2.19 bits per heavy atom. The van der Waals surface area contributed by atoms with Crippen LogP contribution in [0.15, 0.2) is 12.1 Å². The van der Waals surface area contributed by atoms with Crippen molar-refractivity contribution in [2.24, 2.45) is 0 Å². The lowest BCUT2D eigenvalue weighted by molar-refractivity contribution is 0.0000297. The number of hydrogen-bond donors (Lipinski definition) is 3. The van der Waals surface area contributed by atoms with Crippen LogP contribution in [0.4, 0.5) is 13.2 Å². The molecule has 0 heterocycles. The summed E-state index contributed by atoms with van der Waals surface area (Å²) in [5, 5.41) is 27.1. The molecule has 16 heavy (non-hydrogen) atoms. The lowest BCUT2D eigenvalue weighted by atomic mass is 10.0. The van der Waals surface area contributed by atoms with Crippen LogP contribution in [0.3, 0.4) is 0 Å². The minimum atomic E-state index is -1.91. The van der Waals surface area contributed by atoms with Crippen molar-refractivity contribution in [3.05, 3.63) is 35.1 Å². The maximum absolute atomic E-state index is 13.2. The Morgan fingerprint density at radius 2 is 1.62 bits per heavy atom. The summed E-state index contributed by atoms with van der Waals surface area (Å²) < 4.78 is 39.1. The Balaban J connectivity index is 3.07. The number of aliphatic hydroxyl groups is 3. The van der Waals surface area contributed by atoms with E-state index in [1.807, 2.05) is 0 Å². The van der Waals surface area contributed by atoms with Crippen molar-refractivity contribution in [3.63, 3.8) is 0 Å². The molecule has 0 fully saturated rings. The summed E-state index contributed by atoms with van der Waals surface area (Å²) in [7, 11) is 0. The van der Waals surface area contributed by atoms with Gasteiger partial charge in [0.25, 0.3) is 0 Å². The minimum Gasteiger partial charge on any atom is -0.396 e. The number of aliphatic hydroxyl groups excluding tert-OH is 3. The number of rotatable bonds is 4. The summed E-state index contributed by atoms with van der Waals surface area (Å²) >= 11 is 0. The first-order valence-electron chi connectivity index (χ1n) is 4.59. The summed E-state index contributed by atoms with van der Waals surface area (Å²) in [6, 6.07) is 1.24. The van der Waals surface area contributed by atoms with Crippen LogP contribution in [-0.4, -0.2) is 28.0 Å². The normalized spacial score (nSPS) is 14.9. The Kier molecular flexibility index (Phi) is 4.28. The van der Waals surface area contributed by atoms with E-state index in [9.17, 15) is 23.4 Å². The molecule has 1 aromatic rings. The molecule has 0 aliphatic rings. The second-order valence-electron chi connectivity index (χ2n) is 3.28. The molecule has 6 heteroatoms. The Labute approximate surface area is 89.8 Å². The van der Waals surface area contributed by atoms with E-state index in [0.29, 0.717) is 12.1 Å².